The van der Waals surface area contributed by atoms with Crippen molar-refractivity contribution in [3.8, 4) is 0 Å². The van der Waals surface area contributed by atoms with Crippen LogP contribution in [0.2, 0.25) is 0 Å². The molecular weight excluding hydrogens is 488 g/mol. The van der Waals surface area contributed by atoms with Gasteiger partial charge in [-0.2, -0.15) is 0 Å². The Morgan fingerprint density at radius 2 is 1.58 bits per heavy atom. The molecule has 0 aromatic carbocycles. The number of rotatable bonds is 3. The zero-order valence-electron chi connectivity index (χ0n) is 23.5. The molecule has 0 bridgehead atoms. The number of hydrogen-bond donors (Lipinski definition) is 7. The van der Waals surface area contributed by atoms with Gasteiger partial charge in [0.05, 0.1) is 42.5 Å². The van der Waals surface area contributed by atoms with E-state index in [1.165, 1.54) is 0 Å². The van der Waals surface area contributed by atoms with Crippen LogP contribution in [0.3, 0.4) is 0 Å². The van der Waals surface area contributed by atoms with Gasteiger partial charge >= 0.3 is 5.97 Å². The molecule has 4 saturated carbocycles. The van der Waals surface area contributed by atoms with Crippen LogP contribution in [-0.4, -0.2) is 78.8 Å². The van der Waals surface area contributed by atoms with Crippen LogP contribution in [-0.2, 0) is 4.79 Å². The van der Waals surface area contributed by atoms with E-state index < -0.39 is 81.3 Å². The maximum atomic E-state index is 12.9. The van der Waals surface area contributed by atoms with Crippen molar-refractivity contribution in [3.63, 3.8) is 0 Å². The summed E-state index contributed by atoms with van der Waals surface area (Å²) in [6.45, 7) is 9.35. The largest absolute Gasteiger partial charge is 0.481 e. The zero-order chi connectivity index (χ0) is 28.3. The SMILES string of the molecule is C[C@@H]1[C@H]2C3=CC[C@@H]4[C@@]5(C)C[C@H](O)[C@@H](O)[C@@](C)(CO)[C@@H]5[C@@H](O)C[C@@]4(C)[C@]3(C)CC[C@@]2(C(=O)O)CC[C@@]1(O)CO. The summed E-state index contributed by atoms with van der Waals surface area (Å²) in [5, 5.41) is 76.2. The highest BCUT2D eigenvalue weighted by atomic mass is 16.4. The van der Waals surface area contributed by atoms with E-state index in [9.17, 15) is 40.5 Å². The van der Waals surface area contributed by atoms with Gasteiger partial charge in [0.2, 0.25) is 0 Å². The number of aliphatic hydroxyl groups is 6. The van der Waals surface area contributed by atoms with E-state index in [2.05, 4.69) is 26.8 Å². The van der Waals surface area contributed by atoms with Crippen LogP contribution in [0.25, 0.3) is 0 Å². The lowest BCUT2D eigenvalue weighted by molar-refractivity contribution is -0.274. The molecule has 38 heavy (non-hydrogen) atoms. The highest BCUT2D eigenvalue weighted by molar-refractivity contribution is 5.77. The second-order valence-electron chi connectivity index (χ2n) is 14.8. The van der Waals surface area contributed by atoms with Gasteiger partial charge < -0.3 is 35.7 Å². The first-order valence-corrected chi connectivity index (χ1v) is 14.4. The van der Waals surface area contributed by atoms with E-state index in [1.807, 2.05) is 6.92 Å². The summed E-state index contributed by atoms with van der Waals surface area (Å²) in [5.74, 6) is -2.12. The molecule has 0 spiro atoms. The Hall–Kier alpha value is -1.03. The normalized spacial score (nSPS) is 58.1. The molecular formula is C30H48O8. The summed E-state index contributed by atoms with van der Waals surface area (Å²) in [4.78, 5) is 12.9. The summed E-state index contributed by atoms with van der Waals surface area (Å²) >= 11 is 0. The third-order valence-electron chi connectivity index (χ3n) is 13.6. The molecule has 0 aliphatic heterocycles. The standard InChI is InChI=1S/C30H48O8/c1-16-21-17-6-7-20-25(2)12-19(34)23(35)26(3,14-31)22(25)18(33)13-28(20,5)27(17,4)8-9-29(21,24(36)37)10-11-30(16,38)15-32/h6,16,18-23,31-35,38H,7-15H2,1-5H3,(H,36,37)/t16-,18+,19+,20-,21+,22-,23-,25-,26+,27-,28-,29-,30-/m1/s1. The van der Waals surface area contributed by atoms with Crippen LogP contribution in [0.4, 0.5) is 0 Å². The van der Waals surface area contributed by atoms with E-state index in [4.69, 9.17) is 0 Å². The summed E-state index contributed by atoms with van der Waals surface area (Å²) in [7, 11) is 0. The molecule has 0 aromatic heterocycles. The minimum atomic E-state index is -1.35. The fourth-order valence-corrected chi connectivity index (χ4v) is 11.3. The Kier molecular flexibility index (Phi) is 6.37. The zero-order valence-corrected chi connectivity index (χ0v) is 23.5. The van der Waals surface area contributed by atoms with Gasteiger partial charge in [0.25, 0.3) is 0 Å². The van der Waals surface area contributed by atoms with Gasteiger partial charge in [0.1, 0.15) is 0 Å². The first-order valence-electron chi connectivity index (χ1n) is 14.4. The lowest BCUT2D eigenvalue weighted by Crippen LogP contribution is -2.72. The lowest BCUT2D eigenvalue weighted by atomic mass is 9.32. The minimum absolute atomic E-state index is 0.0260. The van der Waals surface area contributed by atoms with Crippen LogP contribution in [0, 0.1) is 50.7 Å². The smallest absolute Gasteiger partial charge is 0.310 e. The van der Waals surface area contributed by atoms with E-state index >= 15 is 0 Å². The van der Waals surface area contributed by atoms with Gasteiger partial charge in [-0.05, 0) is 73.0 Å². The number of aliphatic hydroxyl groups excluding tert-OH is 5. The summed E-state index contributed by atoms with van der Waals surface area (Å²) in [6, 6.07) is 0. The average molecular weight is 537 g/mol. The number of carboxylic acids is 1. The van der Waals surface area contributed by atoms with Gasteiger partial charge in [-0.15, -0.1) is 0 Å². The molecule has 0 amide bonds. The first kappa shape index (κ1) is 28.5. The van der Waals surface area contributed by atoms with Gasteiger partial charge in [-0.3, -0.25) is 4.79 Å². The fraction of sp³-hybridized carbons (Fsp3) is 0.900. The predicted octanol–water partition coefficient (Wildman–Crippen LogP) is 2.09. The minimum Gasteiger partial charge on any atom is -0.481 e. The third-order valence-corrected chi connectivity index (χ3v) is 13.6. The van der Waals surface area contributed by atoms with Gasteiger partial charge in [-0.25, -0.2) is 0 Å². The van der Waals surface area contributed by atoms with Crippen molar-refractivity contribution in [2.75, 3.05) is 13.2 Å². The number of carbonyl (C=O) groups is 1. The van der Waals surface area contributed by atoms with Crippen molar-refractivity contribution in [3.05, 3.63) is 11.6 Å². The predicted molar refractivity (Wildman–Crippen MR) is 140 cm³/mol. The molecule has 8 nitrogen and oxygen atoms in total. The summed E-state index contributed by atoms with van der Waals surface area (Å²) in [5.41, 5.74) is -3.87. The fourth-order valence-electron chi connectivity index (χ4n) is 11.3. The molecule has 7 N–H and O–H groups in total. The van der Waals surface area contributed by atoms with Gasteiger partial charge in [0, 0.05) is 17.3 Å². The number of carboxylic acid groups (broad SMARTS) is 1. The Morgan fingerprint density at radius 1 is 0.947 bits per heavy atom. The van der Waals surface area contributed by atoms with Crippen molar-refractivity contribution in [2.24, 2.45) is 50.7 Å². The Labute approximate surface area is 225 Å². The summed E-state index contributed by atoms with van der Waals surface area (Å²) in [6.07, 6.45) is 2.23. The Balaban J connectivity index is 1.66. The Morgan fingerprint density at radius 3 is 2.16 bits per heavy atom. The van der Waals surface area contributed by atoms with Crippen LogP contribution in [0.5, 0.6) is 0 Å². The van der Waals surface area contributed by atoms with Crippen LogP contribution >= 0.6 is 0 Å². The quantitative estimate of drug-likeness (QED) is 0.270. The highest BCUT2D eigenvalue weighted by Gasteiger charge is 2.73. The van der Waals surface area contributed by atoms with E-state index in [0.29, 0.717) is 38.5 Å². The molecule has 5 rings (SSSR count). The maximum absolute atomic E-state index is 12.9. The van der Waals surface area contributed by atoms with Crippen molar-refractivity contribution < 1.29 is 40.5 Å². The van der Waals surface area contributed by atoms with Crippen molar-refractivity contribution >= 4 is 5.97 Å². The molecule has 0 heterocycles. The molecule has 4 fully saturated rings. The Bertz CT molecular complexity index is 1030. The van der Waals surface area contributed by atoms with Crippen molar-refractivity contribution in [1.29, 1.82) is 0 Å². The van der Waals surface area contributed by atoms with Gasteiger partial charge in [0.15, 0.2) is 0 Å². The van der Waals surface area contributed by atoms with Crippen LogP contribution < -0.4 is 0 Å². The molecule has 8 heteroatoms. The summed E-state index contributed by atoms with van der Waals surface area (Å²) < 4.78 is 0. The van der Waals surface area contributed by atoms with Crippen LogP contribution in [0.15, 0.2) is 11.6 Å². The molecule has 0 radical (unpaired) electrons. The molecule has 0 aromatic rings. The molecule has 0 unspecified atom stereocenters. The highest BCUT2D eigenvalue weighted by Crippen LogP contribution is 2.75. The maximum Gasteiger partial charge on any atom is 0.310 e. The van der Waals surface area contributed by atoms with E-state index in [1.54, 1.807) is 6.92 Å². The van der Waals surface area contributed by atoms with Crippen molar-refractivity contribution in [1.82, 2.24) is 0 Å². The molecule has 13 atom stereocenters. The topological polar surface area (TPSA) is 159 Å². The van der Waals surface area contributed by atoms with Gasteiger partial charge in [-0.1, -0.05) is 46.3 Å². The monoisotopic (exact) mass is 536 g/mol. The second-order valence-corrected chi connectivity index (χ2v) is 14.8. The van der Waals surface area contributed by atoms with Crippen LogP contribution in [0.1, 0.15) is 79.6 Å². The molecule has 5 aliphatic rings. The van der Waals surface area contributed by atoms with E-state index in [-0.39, 0.29) is 18.9 Å². The van der Waals surface area contributed by atoms with Crippen molar-refractivity contribution in [2.45, 2.75) is 103 Å². The molecule has 0 saturated heterocycles. The second kappa shape index (κ2) is 8.49. The number of aliphatic carboxylic acids is 1. The molecule has 5 aliphatic carbocycles. The number of allylic oxidation sites excluding steroid dienone is 2. The number of fused-ring (bicyclic) bond motifs is 7. The van der Waals surface area contributed by atoms with E-state index in [0.717, 1.165) is 5.57 Å². The lowest BCUT2D eigenvalue weighted by Gasteiger charge is -2.72. The third kappa shape index (κ3) is 3.16. The number of hydrogen-bond acceptors (Lipinski definition) is 7. The molecule has 216 valence electrons. The first-order chi connectivity index (χ1) is 17.5. The average Bonchev–Trinajstić information content (AvgIpc) is 2.84.